The van der Waals surface area contributed by atoms with Crippen molar-refractivity contribution in [2.24, 2.45) is 0 Å². The molecule has 0 atom stereocenters. The Morgan fingerprint density at radius 3 is 2.70 bits per heavy atom. The van der Waals surface area contributed by atoms with Crippen molar-refractivity contribution in [2.75, 3.05) is 18.6 Å². The van der Waals surface area contributed by atoms with Gasteiger partial charge in [-0.2, -0.15) is 0 Å². The zero-order valence-electron chi connectivity index (χ0n) is 12.8. The molecule has 0 unspecified atom stereocenters. The van der Waals surface area contributed by atoms with E-state index in [4.69, 9.17) is 4.42 Å². The van der Waals surface area contributed by atoms with E-state index < -0.39 is 15.7 Å². The van der Waals surface area contributed by atoms with Crippen LogP contribution in [0.15, 0.2) is 28.7 Å². The second kappa shape index (κ2) is 6.91. The van der Waals surface area contributed by atoms with Crippen LogP contribution >= 0.6 is 0 Å². The molecule has 1 aromatic carbocycles. The van der Waals surface area contributed by atoms with E-state index in [0.29, 0.717) is 11.5 Å². The molecule has 23 heavy (non-hydrogen) atoms. The molecule has 1 aromatic heterocycles. The number of aromatic nitrogens is 1. The molecule has 0 aliphatic carbocycles. The van der Waals surface area contributed by atoms with E-state index in [0.717, 1.165) is 6.26 Å². The zero-order chi connectivity index (χ0) is 17.0. The van der Waals surface area contributed by atoms with Gasteiger partial charge in [0.2, 0.25) is 11.8 Å². The number of oxazole rings is 1. The van der Waals surface area contributed by atoms with Crippen molar-refractivity contribution >= 4 is 15.7 Å². The fourth-order valence-corrected chi connectivity index (χ4v) is 2.41. The van der Waals surface area contributed by atoms with Gasteiger partial charge in [0.05, 0.1) is 23.4 Å². The molecule has 124 valence electrons. The van der Waals surface area contributed by atoms with Gasteiger partial charge in [-0.15, -0.1) is 0 Å². The van der Waals surface area contributed by atoms with Gasteiger partial charge < -0.3 is 9.73 Å². The van der Waals surface area contributed by atoms with Gasteiger partial charge in [-0.05, 0) is 19.1 Å². The van der Waals surface area contributed by atoms with Crippen molar-refractivity contribution in [1.29, 1.82) is 0 Å². The minimum Gasteiger partial charge on any atom is -0.441 e. The quantitative estimate of drug-likeness (QED) is 0.860. The molecule has 8 heteroatoms. The predicted molar refractivity (Wildman–Crippen MR) is 83.1 cm³/mol. The minimum atomic E-state index is -3.13. The Balaban J connectivity index is 2.04. The second-order valence-electron chi connectivity index (χ2n) is 5.16. The maximum absolute atomic E-state index is 13.7. The molecule has 0 radical (unpaired) electrons. The van der Waals surface area contributed by atoms with Crippen LogP contribution in [0.2, 0.25) is 0 Å². The lowest BCUT2D eigenvalue weighted by molar-refractivity contribution is -0.120. The number of sulfone groups is 1. The van der Waals surface area contributed by atoms with Gasteiger partial charge >= 0.3 is 0 Å². The summed E-state index contributed by atoms with van der Waals surface area (Å²) < 4.78 is 41.1. The van der Waals surface area contributed by atoms with Gasteiger partial charge in [-0.1, -0.05) is 12.1 Å². The van der Waals surface area contributed by atoms with Gasteiger partial charge in [0.15, 0.2) is 0 Å². The van der Waals surface area contributed by atoms with Gasteiger partial charge in [0.25, 0.3) is 0 Å². The highest BCUT2D eigenvalue weighted by molar-refractivity contribution is 7.90. The highest BCUT2D eigenvalue weighted by atomic mass is 32.2. The number of carbonyl (C=O) groups excluding carboxylic acids is 1. The third kappa shape index (κ3) is 4.88. The Hall–Kier alpha value is -2.22. The number of nitrogens with one attached hydrogen (secondary N) is 1. The highest BCUT2D eigenvalue weighted by Crippen LogP contribution is 2.24. The van der Waals surface area contributed by atoms with Crippen LogP contribution in [0.3, 0.4) is 0 Å². The highest BCUT2D eigenvalue weighted by Gasteiger charge is 2.16. The van der Waals surface area contributed by atoms with Crippen molar-refractivity contribution in [2.45, 2.75) is 13.3 Å². The molecular weight excluding hydrogens is 323 g/mol. The number of nitrogens with zero attached hydrogens (tertiary/aromatic N) is 1. The molecule has 6 nitrogen and oxygen atoms in total. The Kier molecular flexibility index (Phi) is 5.15. The summed E-state index contributed by atoms with van der Waals surface area (Å²) in [6, 6.07) is 6.06. The van der Waals surface area contributed by atoms with Gasteiger partial charge in [-0.25, -0.2) is 17.8 Å². The first kappa shape index (κ1) is 17.1. The van der Waals surface area contributed by atoms with E-state index in [2.05, 4.69) is 10.3 Å². The summed E-state index contributed by atoms with van der Waals surface area (Å²) in [5.74, 6) is -0.430. The molecule has 1 heterocycles. The molecule has 0 saturated carbocycles. The minimum absolute atomic E-state index is 0.0364. The number of halogens is 1. The molecule has 0 saturated heterocycles. The van der Waals surface area contributed by atoms with Crippen molar-refractivity contribution in [1.82, 2.24) is 10.3 Å². The van der Waals surface area contributed by atoms with Crippen LogP contribution in [0.4, 0.5) is 4.39 Å². The molecule has 1 amide bonds. The number of carbonyl (C=O) groups is 1. The van der Waals surface area contributed by atoms with Crippen LogP contribution in [0.25, 0.3) is 11.5 Å². The maximum atomic E-state index is 13.7. The van der Waals surface area contributed by atoms with Crippen molar-refractivity contribution in [3.8, 4) is 11.5 Å². The van der Waals surface area contributed by atoms with Gasteiger partial charge in [0.1, 0.15) is 21.4 Å². The molecule has 1 N–H and O–H groups in total. The molecule has 0 aliphatic rings. The van der Waals surface area contributed by atoms with Crippen LogP contribution in [-0.2, 0) is 21.1 Å². The summed E-state index contributed by atoms with van der Waals surface area (Å²) in [5.41, 5.74) is 0.611. The fraction of sp³-hybridized carbons (Fsp3) is 0.333. The first-order valence-electron chi connectivity index (χ1n) is 6.92. The summed E-state index contributed by atoms with van der Waals surface area (Å²) in [4.78, 5) is 16.0. The summed E-state index contributed by atoms with van der Waals surface area (Å²) >= 11 is 0. The fourth-order valence-electron chi connectivity index (χ4n) is 1.93. The molecule has 0 bridgehead atoms. The SMILES string of the molecule is Cc1oc(-c2ccccc2F)nc1CC(=O)NCCS(C)(=O)=O. The van der Waals surface area contributed by atoms with Crippen LogP contribution < -0.4 is 5.32 Å². The van der Waals surface area contributed by atoms with Gasteiger partial charge in [-0.3, -0.25) is 4.79 Å². The lowest BCUT2D eigenvalue weighted by atomic mass is 10.2. The number of hydrogen-bond acceptors (Lipinski definition) is 5. The summed E-state index contributed by atoms with van der Waals surface area (Å²) in [5, 5.41) is 2.50. The predicted octanol–water partition coefficient (Wildman–Crippen LogP) is 1.49. The average Bonchev–Trinajstić information content (AvgIpc) is 2.79. The largest absolute Gasteiger partial charge is 0.441 e. The van der Waals surface area contributed by atoms with Crippen LogP contribution in [0.5, 0.6) is 0 Å². The third-order valence-electron chi connectivity index (χ3n) is 3.12. The Morgan fingerprint density at radius 1 is 1.35 bits per heavy atom. The number of aryl methyl sites for hydroxylation is 1. The van der Waals surface area contributed by atoms with E-state index in [1.165, 1.54) is 12.1 Å². The number of rotatable bonds is 6. The standard InChI is InChI=1S/C15H17FN2O4S/c1-10-13(9-14(19)17-7-8-23(2,20)21)18-15(22-10)11-5-3-4-6-12(11)16/h3-6H,7-9H2,1-2H3,(H,17,19). The van der Waals surface area contributed by atoms with Crippen LogP contribution in [-0.4, -0.2) is 37.9 Å². The Morgan fingerprint density at radius 2 is 2.04 bits per heavy atom. The smallest absolute Gasteiger partial charge is 0.229 e. The molecule has 2 aromatic rings. The van der Waals surface area contributed by atoms with E-state index in [9.17, 15) is 17.6 Å². The van der Waals surface area contributed by atoms with Crippen LogP contribution in [0.1, 0.15) is 11.5 Å². The second-order valence-corrected chi connectivity index (χ2v) is 7.42. The monoisotopic (exact) mass is 340 g/mol. The lowest BCUT2D eigenvalue weighted by Gasteiger charge is -2.02. The Labute approximate surface area is 133 Å². The average molecular weight is 340 g/mol. The number of benzene rings is 1. The molecular formula is C15H17FN2O4S. The topological polar surface area (TPSA) is 89.3 Å². The first-order chi connectivity index (χ1) is 10.8. The molecule has 0 fully saturated rings. The summed E-state index contributed by atoms with van der Waals surface area (Å²) in [6.45, 7) is 1.67. The zero-order valence-corrected chi connectivity index (χ0v) is 13.6. The third-order valence-corrected chi connectivity index (χ3v) is 4.07. The van der Waals surface area contributed by atoms with E-state index in [1.807, 2.05) is 0 Å². The van der Waals surface area contributed by atoms with E-state index >= 15 is 0 Å². The van der Waals surface area contributed by atoms with Crippen molar-refractivity contribution < 1.29 is 22.0 Å². The van der Waals surface area contributed by atoms with Crippen LogP contribution in [0, 0.1) is 12.7 Å². The number of amides is 1. The number of hydrogen-bond donors (Lipinski definition) is 1. The van der Waals surface area contributed by atoms with E-state index in [-0.39, 0.29) is 36.1 Å². The normalized spacial score (nSPS) is 11.4. The maximum Gasteiger partial charge on any atom is 0.229 e. The Bertz CT molecular complexity index is 815. The van der Waals surface area contributed by atoms with Crippen molar-refractivity contribution in [3.05, 3.63) is 41.5 Å². The lowest BCUT2D eigenvalue weighted by Crippen LogP contribution is -2.30. The van der Waals surface area contributed by atoms with E-state index in [1.54, 1.807) is 19.1 Å². The molecule has 2 rings (SSSR count). The first-order valence-corrected chi connectivity index (χ1v) is 8.98. The summed E-state index contributed by atoms with van der Waals surface area (Å²) in [7, 11) is -3.13. The molecule has 0 aliphatic heterocycles. The molecule has 0 spiro atoms. The van der Waals surface area contributed by atoms with Gasteiger partial charge in [0, 0.05) is 12.8 Å². The summed E-state index contributed by atoms with van der Waals surface area (Å²) in [6.07, 6.45) is 1.04. The van der Waals surface area contributed by atoms with Crippen molar-refractivity contribution in [3.63, 3.8) is 0 Å².